The van der Waals surface area contributed by atoms with E-state index in [0.717, 1.165) is 0 Å². The van der Waals surface area contributed by atoms with Crippen LogP contribution in [0.5, 0.6) is 5.88 Å². The fraction of sp³-hybridized carbons (Fsp3) is 0.389. The molecule has 0 unspecified atom stereocenters. The van der Waals surface area contributed by atoms with Crippen molar-refractivity contribution in [3.8, 4) is 11.6 Å². The van der Waals surface area contributed by atoms with Gasteiger partial charge in [0.25, 0.3) is 5.56 Å². The summed E-state index contributed by atoms with van der Waals surface area (Å²) in [5.41, 5.74) is 1.45. The fourth-order valence-corrected chi connectivity index (χ4v) is 3.00. The zero-order chi connectivity index (χ0) is 18.7. The molecule has 2 heterocycles. The number of rotatable bonds is 4. The second kappa shape index (κ2) is 7.84. The van der Waals surface area contributed by atoms with Crippen LogP contribution in [0.1, 0.15) is 30.9 Å². The molecule has 2 aromatic rings. The molecule has 0 saturated carbocycles. The summed E-state index contributed by atoms with van der Waals surface area (Å²) in [6.45, 7) is 6.69. The molecule has 1 fully saturated rings. The van der Waals surface area contributed by atoms with Crippen molar-refractivity contribution in [3.05, 3.63) is 50.5 Å². The number of hydrazone groups is 1. The van der Waals surface area contributed by atoms with E-state index in [0.29, 0.717) is 37.9 Å². The molecule has 0 bridgehead atoms. The number of hydrogen-bond acceptors (Lipinski definition) is 6. The first kappa shape index (κ1) is 18.3. The van der Waals surface area contributed by atoms with E-state index in [1.807, 2.05) is 24.3 Å². The Morgan fingerprint density at radius 1 is 1.27 bits per heavy atom. The van der Waals surface area contributed by atoms with E-state index in [2.05, 4.69) is 23.9 Å². The van der Waals surface area contributed by atoms with Gasteiger partial charge in [-0.3, -0.25) is 19.4 Å². The minimum Gasteiger partial charge on any atom is -0.494 e. The Morgan fingerprint density at radius 3 is 2.54 bits per heavy atom. The van der Waals surface area contributed by atoms with Crippen LogP contribution < -0.4 is 5.56 Å². The smallest absolute Gasteiger partial charge is 0.264 e. The largest absolute Gasteiger partial charge is 0.494 e. The van der Waals surface area contributed by atoms with E-state index in [-0.39, 0.29) is 16.2 Å². The van der Waals surface area contributed by atoms with E-state index in [1.165, 1.54) is 16.3 Å². The van der Waals surface area contributed by atoms with Gasteiger partial charge in [-0.05, 0) is 35.8 Å². The molecular weight excluding hydrogens is 352 g/mol. The first-order chi connectivity index (χ1) is 12.5. The van der Waals surface area contributed by atoms with Gasteiger partial charge in [-0.25, -0.2) is 0 Å². The highest BCUT2D eigenvalue weighted by Gasteiger charge is 2.14. The molecule has 0 atom stereocenters. The maximum absolute atomic E-state index is 12.2. The summed E-state index contributed by atoms with van der Waals surface area (Å²) in [5, 5.41) is 16.7. The van der Waals surface area contributed by atoms with E-state index in [1.54, 1.807) is 5.01 Å². The Kier molecular flexibility index (Phi) is 5.53. The Balaban J connectivity index is 1.99. The predicted octanol–water partition coefficient (Wildman–Crippen LogP) is 2.39. The molecule has 0 amide bonds. The molecule has 3 rings (SSSR count). The molecule has 0 aliphatic carbocycles. The normalized spacial score (nSPS) is 15.1. The van der Waals surface area contributed by atoms with Crippen molar-refractivity contribution in [2.75, 3.05) is 26.3 Å². The van der Waals surface area contributed by atoms with Crippen LogP contribution in [0, 0.1) is 4.77 Å². The van der Waals surface area contributed by atoms with Gasteiger partial charge in [0.1, 0.15) is 5.56 Å². The Bertz CT molecular complexity index is 910. The van der Waals surface area contributed by atoms with Gasteiger partial charge in [-0.15, -0.1) is 0 Å². The fourth-order valence-electron chi connectivity index (χ4n) is 2.71. The second-order valence-electron chi connectivity index (χ2n) is 6.39. The number of aromatic hydroxyl groups is 1. The molecule has 2 N–H and O–H groups in total. The number of morpholine rings is 1. The molecule has 1 aliphatic rings. The van der Waals surface area contributed by atoms with Gasteiger partial charge in [0.15, 0.2) is 4.77 Å². The van der Waals surface area contributed by atoms with Crippen LogP contribution in [0.4, 0.5) is 0 Å². The summed E-state index contributed by atoms with van der Waals surface area (Å²) in [7, 11) is 0. The van der Waals surface area contributed by atoms with Gasteiger partial charge in [0.05, 0.1) is 38.2 Å². The van der Waals surface area contributed by atoms with Gasteiger partial charge in [-0.2, -0.15) is 5.10 Å². The van der Waals surface area contributed by atoms with Crippen molar-refractivity contribution in [2.45, 2.75) is 19.8 Å². The number of aromatic amines is 1. The summed E-state index contributed by atoms with van der Waals surface area (Å²) < 4.78 is 6.83. The average molecular weight is 374 g/mol. The number of nitrogens with zero attached hydrogens (tertiary/aromatic N) is 3. The average Bonchev–Trinajstić information content (AvgIpc) is 2.62. The van der Waals surface area contributed by atoms with Crippen molar-refractivity contribution >= 4 is 18.4 Å². The number of ether oxygens (including phenoxy) is 1. The van der Waals surface area contributed by atoms with Gasteiger partial charge in [-0.1, -0.05) is 26.0 Å². The SMILES string of the molecule is CC(C)c1ccc(-n2c(O)c(/C=N/N3CCOCC3)c(=O)[nH]c2=S)cc1. The van der Waals surface area contributed by atoms with E-state index in [9.17, 15) is 9.90 Å². The first-order valence-electron chi connectivity index (χ1n) is 8.52. The van der Waals surface area contributed by atoms with Crippen molar-refractivity contribution in [2.24, 2.45) is 5.10 Å². The first-order valence-corrected chi connectivity index (χ1v) is 8.93. The highest BCUT2D eigenvalue weighted by Crippen LogP contribution is 2.21. The number of hydrogen-bond donors (Lipinski definition) is 2. The van der Waals surface area contributed by atoms with Crippen molar-refractivity contribution in [3.63, 3.8) is 0 Å². The second-order valence-corrected chi connectivity index (χ2v) is 6.78. The third-order valence-electron chi connectivity index (χ3n) is 4.28. The lowest BCUT2D eigenvalue weighted by atomic mass is 10.0. The summed E-state index contributed by atoms with van der Waals surface area (Å²) in [4.78, 5) is 14.8. The quantitative estimate of drug-likeness (QED) is 0.634. The minimum atomic E-state index is -0.473. The summed E-state index contributed by atoms with van der Waals surface area (Å²) in [6, 6.07) is 7.69. The van der Waals surface area contributed by atoms with Gasteiger partial charge in [0, 0.05) is 0 Å². The summed E-state index contributed by atoms with van der Waals surface area (Å²) in [5.74, 6) is 0.172. The minimum absolute atomic E-state index is 0.0676. The Labute approximate surface area is 156 Å². The molecule has 0 radical (unpaired) electrons. The van der Waals surface area contributed by atoms with Crippen molar-refractivity contribution in [1.29, 1.82) is 0 Å². The van der Waals surface area contributed by atoms with Gasteiger partial charge < -0.3 is 9.84 Å². The lowest BCUT2D eigenvalue weighted by Crippen LogP contribution is -2.32. The molecule has 1 saturated heterocycles. The van der Waals surface area contributed by atoms with Crippen molar-refractivity contribution < 1.29 is 9.84 Å². The van der Waals surface area contributed by atoms with Crippen molar-refractivity contribution in [1.82, 2.24) is 14.6 Å². The van der Waals surface area contributed by atoms with Crippen LogP contribution in [0.2, 0.25) is 0 Å². The van der Waals surface area contributed by atoms with Gasteiger partial charge in [0.2, 0.25) is 5.88 Å². The van der Waals surface area contributed by atoms with E-state index in [4.69, 9.17) is 17.0 Å². The third kappa shape index (κ3) is 3.86. The van der Waals surface area contributed by atoms with Crippen LogP contribution in [0.15, 0.2) is 34.2 Å². The molecule has 0 spiro atoms. The Hall–Kier alpha value is -2.45. The summed E-state index contributed by atoms with van der Waals surface area (Å²) in [6.07, 6.45) is 1.37. The maximum Gasteiger partial charge on any atom is 0.264 e. The lowest BCUT2D eigenvalue weighted by molar-refractivity contribution is 0.0396. The molecular formula is C18H22N4O3S. The van der Waals surface area contributed by atoms with Crippen LogP contribution >= 0.6 is 12.2 Å². The van der Waals surface area contributed by atoms with Crippen LogP contribution in [0.25, 0.3) is 5.69 Å². The highest BCUT2D eigenvalue weighted by atomic mass is 32.1. The van der Waals surface area contributed by atoms with Crippen LogP contribution in [0.3, 0.4) is 0 Å². The number of benzene rings is 1. The highest BCUT2D eigenvalue weighted by molar-refractivity contribution is 7.71. The molecule has 1 aromatic carbocycles. The van der Waals surface area contributed by atoms with Crippen LogP contribution in [-0.2, 0) is 4.74 Å². The maximum atomic E-state index is 12.2. The summed E-state index contributed by atoms with van der Waals surface area (Å²) >= 11 is 5.24. The standard InChI is InChI=1S/C18H22N4O3S/c1-12(2)13-3-5-14(6-4-13)22-17(24)15(16(23)20-18(22)26)11-19-21-7-9-25-10-8-21/h3-6,11-12,24H,7-10H2,1-2H3,(H,20,23,26)/b19-11+. The molecule has 1 aromatic heterocycles. The molecule has 26 heavy (non-hydrogen) atoms. The molecule has 1 aliphatic heterocycles. The number of aromatic nitrogens is 2. The van der Waals surface area contributed by atoms with Gasteiger partial charge >= 0.3 is 0 Å². The van der Waals surface area contributed by atoms with E-state index < -0.39 is 5.56 Å². The topological polar surface area (TPSA) is 82.8 Å². The molecule has 138 valence electrons. The number of H-pyrrole nitrogens is 1. The number of nitrogens with one attached hydrogen (secondary N) is 1. The zero-order valence-electron chi connectivity index (χ0n) is 14.8. The monoisotopic (exact) mass is 374 g/mol. The lowest BCUT2D eigenvalue weighted by Gasteiger charge is -2.23. The zero-order valence-corrected chi connectivity index (χ0v) is 15.6. The van der Waals surface area contributed by atoms with E-state index >= 15 is 0 Å². The predicted molar refractivity (Wildman–Crippen MR) is 103 cm³/mol. The Morgan fingerprint density at radius 2 is 1.92 bits per heavy atom. The molecule has 8 heteroatoms. The third-order valence-corrected chi connectivity index (χ3v) is 4.56. The van der Waals surface area contributed by atoms with Crippen LogP contribution in [-0.4, -0.2) is 52.2 Å². The molecule has 7 nitrogen and oxygen atoms in total.